The van der Waals surface area contributed by atoms with E-state index in [-0.39, 0.29) is 0 Å². The van der Waals surface area contributed by atoms with Gasteiger partial charge in [-0.25, -0.2) is 0 Å². The third-order valence-corrected chi connectivity index (χ3v) is 5.08. The van der Waals surface area contributed by atoms with Crippen molar-refractivity contribution in [3.8, 4) is 0 Å². The first kappa shape index (κ1) is 17.4. The maximum absolute atomic E-state index is 6.06. The second kappa shape index (κ2) is 7.64. The van der Waals surface area contributed by atoms with E-state index >= 15 is 0 Å². The van der Waals surface area contributed by atoms with Gasteiger partial charge in [-0.15, -0.1) is 0 Å². The van der Waals surface area contributed by atoms with Crippen LogP contribution in [-0.4, -0.2) is 48.5 Å². The Morgan fingerprint density at radius 3 is 2.42 bits per heavy atom. The van der Waals surface area contributed by atoms with Gasteiger partial charge in [0.25, 0.3) is 0 Å². The molecular formula is C20H26ClN3. The maximum atomic E-state index is 6.06. The van der Waals surface area contributed by atoms with Crippen molar-refractivity contribution in [3.05, 3.63) is 64.9 Å². The average molecular weight is 344 g/mol. The van der Waals surface area contributed by atoms with Crippen molar-refractivity contribution in [1.82, 2.24) is 14.8 Å². The molecule has 1 heterocycles. The predicted molar refractivity (Wildman–Crippen MR) is 100 cm³/mol. The highest BCUT2D eigenvalue weighted by atomic mass is 35.5. The fourth-order valence-electron chi connectivity index (χ4n) is 3.23. The summed E-state index contributed by atoms with van der Waals surface area (Å²) in [5.41, 5.74) is 3.01. The zero-order valence-corrected chi connectivity index (χ0v) is 15.3. The van der Waals surface area contributed by atoms with Crippen LogP contribution in [0.3, 0.4) is 0 Å². The van der Waals surface area contributed by atoms with Gasteiger partial charge in [0.05, 0.1) is 0 Å². The Balaban J connectivity index is 1.72. The molecule has 0 bridgehead atoms. The summed E-state index contributed by atoms with van der Waals surface area (Å²) < 4.78 is 0. The van der Waals surface area contributed by atoms with Gasteiger partial charge in [-0.05, 0) is 56.3 Å². The summed E-state index contributed by atoms with van der Waals surface area (Å²) in [5.74, 6) is 0. The number of benzene rings is 1. The molecule has 0 aliphatic heterocycles. The first-order valence-corrected chi connectivity index (χ1v) is 8.97. The van der Waals surface area contributed by atoms with Crippen LogP contribution in [0.2, 0.25) is 5.02 Å². The minimum absolute atomic E-state index is 0.305. The summed E-state index contributed by atoms with van der Waals surface area (Å²) in [5, 5.41) is 0.814. The molecule has 128 valence electrons. The van der Waals surface area contributed by atoms with E-state index in [1.54, 1.807) is 0 Å². The van der Waals surface area contributed by atoms with Crippen LogP contribution in [0.1, 0.15) is 24.0 Å². The molecule has 0 unspecified atom stereocenters. The lowest BCUT2D eigenvalue weighted by molar-refractivity contribution is 0.215. The second-order valence-corrected chi connectivity index (χ2v) is 7.60. The molecule has 3 nitrogen and oxygen atoms in total. The molecule has 24 heavy (non-hydrogen) atoms. The van der Waals surface area contributed by atoms with E-state index in [2.05, 4.69) is 47.1 Å². The first-order chi connectivity index (χ1) is 11.6. The van der Waals surface area contributed by atoms with E-state index in [1.165, 1.54) is 24.0 Å². The Kier molecular flexibility index (Phi) is 5.54. The van der Waals surface area contributed by atoms with Crippen molar-refractivity contribution in [2.75, 3.05) is 33.7 Å². The van der Waals surface area contributed by atoms with Crippen LogP contribution in [0, 0.1) is 0 Å². The van der Waals surface area contributed by atoms with Gasteiger partial charge in [-0.2, -0.15) is 0 Å². The van der Waals surface area contributed by atoms with Gasteiger partial charge >= 0.3 is 0 Å². The van der Waals surface area contributed by atoms with Gasteiger partial charge in [0, 0.05) is 49.0 Å². The van der Waals surface area contributed by atoms with Crippen LogP contribution in [0.25, 0.3) is 0 Å². The number of nitrogens with zero attached hydrogens (tertiary/aromatic N) is 3. The molecule has 0 saturated heterocycles. The molecule has 0 amide bonds. The summed E-state index contributed by atoms with van der Waals surface area (Å²) in [7, 11) is 4.27. The van der Waals surface area contributed by atoms with Crippen LogP contribution >= 0.6 is 11.6 Å². The molecule has 3 rings (SSSR count). The zero-order chi connectivity index (χ0) is 17.0. The Hall–Kier alpha value is -1.42. The van der Waals surface area contributed by atoms with Gasteiger partial charge in [-0.3, -0.25) is 9.88 Å². The Bertz CT molecular complexity index is 636. The summed E-state index contributed by atoms with van der Waals surface area (Å²) >= 11 is 6.06. The highest BCUT2D eigenvalue weighted by Gasteiger charge is 2.45. The quantitative estimate of drug-likeness (QED) is 0.726. The lowest BCUT2D eigenvalue weighted by atomic mass is 9.95. The molecule has 0 spiro atoms. The minimum atomic E-state index is 0.305. The second-order valence-electron chi connectivity index (χ2n) is 7.16. The number of hydrogen-bond donors (Lipinski definition) is 0. The van der Waals surface area contributed by atoms with E-state index < -0.39 is 0 Å². The molecule has 0 atom stereocenters. The van der Waals surface area contributed by atoms with Gasteiger partial charge in [-0.1, -0.05) is 29.8 Å². The summed E-state index contributed by atoms with van der Waals surface area (Å²) in [6, 6.07) is 12.6. The van der Waals surface area contributed by atoms with Gasteiger partial charge in [0.1, 0.15) is 0 Å². The monoisotopic (exact) mass is 343 g/mol. The normalized spacial score (nSPS) is 15.9. The fraction of sp³-hybridized carbons (Fsp3) is 0.450. The van der Waals surface area contributed by atoms with Crippen LogP contribution in [0.5, 0.6) is 0 Å². The first-order valence-electron chi connectivity index (χ1n) is 8.59. The molecule has 1 aliphatic rings. The van der Waals surface area contributed by atoms with Crippen LogP contribution in [0.4, 0.5) is 0 Å². The third kappa shape index (κ3) is 4.56. The molecule has 1 fully saturated rings. The molecule has 1 aromatic heterocycles. The van der Waals surface area contributed by atoms with Gasteiger partial charge in [0.15, 0.2) is 0 Å². The van der Waals surface area contributed by atoms with Crippen LogP contribution < -0.4 is 0 Å². The molecular weight excluding hydrogens is 318 g/mol. The van der Waals surface area contributed by atoms with Crippen molar-refractivity contribution in [2.45, 2.75) is 24.8 Å². The molecule has 0 radical (unpaired) electrons. The summed E-state index contributed by atoms with van der Waals surface area (Å²) in [6.45, 7) is 4.18. The Labute approximate surface area is 150 Å². The van der Waals surface area contributed by atoms with Gasteiger partial charge < -0.3 is 4.90 Å². The Morgan fingerprint density at radius 1 is 1.08 bits per heavy atom. The van der Waals surface area contributed by atoms with E-state index in [0.717, 1.165) is 31.2 Å². The third-order valence-electron chi connectivity index (χ3n) is 4.83. The SMILES string of the molecule is CN(C)CCN(Cc1cccnc1)CC1(c2ccc(Cl)cc2)CC1. The summed E-state index contributed by atoms with van der Waals surface area (Å²) in [6.07, 6.45) is 6.34. The molecule has 2 aromatic rings. The number of pyridine rings is 1. The maximum Gasteiger partial charge on any atom is 0.0406 e. The number of likely N-dealkylation sites (N-methyl/N-ethyl adjacent to an activating group) is 1. The minimum Gasteiger partial charge on any atom is -0.308 e. The zero-order valence-electron chi connectivity index (χ0n) is 14.6. The molecule has 4 heteroatoms. The smallest absolute Gasteiger partial charge is 0.0406 e. The highest BCUT2D eigenvalue weighted by Crippen LogP contribution is 2.49. The molecule has 1 saturated carbocycles. The Morgan fingerprint density at radius 2 is 1.83 bits per heavy atom. The van der Waals surface area contributed by atoms with Gasteiger partial charge in [0.2, 0.25) is 0 Å². The van der Waals surface area contributed by atoms with E-state index in [4.69, 9.17) is 11.6 Å². The number of hydrogen-bond acceptors (Lipinski definition) is 3. The number of halogens is 1. The standard InChI is InChI=1S/C20H26ClN3/c1-23(2)12-13-24(15-17-4-3-11-22-14-17)16-20(9-10-20)18-5-7-19(21)8-6-18/h3-8,11,14H,9-10,12-13,15-16H2,1-2H3. The molecule has 1 aliphatic carbocycles. The van der Waals surface area contributed by atoms with Crippen molar-refractivity contribution in [3.63, 3.8) is 0 Å². The largest absolute Gasteiger partial charge is 0.308 e. The van der Waals surface area contributed by atoms with E-state index in [0.29, 0.717) is 5.41 Å². The van der Waals surface area contributed by atoms with E-state index in [1.807, 2.05) is 30.6 Å². The summed E-state index contributed by atoms with van der Waals surface area (Å²) in [4.78, 5) is 9.08. The highest BCUT2D eigenvalue weighted by molar-refractivity contribution is 6.30. The fourth-order valence-corrected chi connectivity index (χ4v) is 3.35. The molecule has 0 N–H and O–H groups in total. The number of rotatable bonds is 8. The van der Waals surface area contributed by atoms with Crippen molar-refractivity contribution < 1.29 is 0 Å². The number of aromatic nitrogens is 1. The molecule has 1 aromatic carbocycles. The van der Waals surface area contributed by atoms with Crippen molar-refractivity contribution >= 4 is 11.6 Å². The van der Waals surface area contributed by atoms with E-state index in [9.17, 15) is 0 Å². The lowest BCUT2D eigenvalue weighted by Crippen LogP contribution is -2.37. The van der Waals surface area contributed by atoms with Crippen molar-refractivity contribution in [2.24, 2.45) is 0 Å². The average Bonchev–Trinajstić information content (AvgIpc) is 3.35. The predicted octanol–water partition coefficient (Wildman–Crippen LogP) is 3.83. The lowest BCUT2D eigenvalue weighted by Gasteiger charge is -2.29. The van der Waals surface area contributed by atoms with Crippen molar-refractivity contribution in [1.29, 1.82) is 0 Å². The van der Waals surface area contributed by atoms with Crippen LogP contribution in [0.15, 0.2) is 48.8 Å². The topological polar surface area (TPSA) is 19.4 Å². The van der Waals surface area contributed by atoms with Crippen LogP contribution in [-0.2, 0) is 12.0 Å².